The Morgan fingerprint density at radius 3 is 2.79 bits per heavy atom. The molecular formula is C30H39N7O2. The first-order valence-electron chi connectivity index (χ1n) is 13.9. The van der Waals surface area contributed by atoms with E-state index in [1.54, 1.807) is 4.90 Å². The van der Waals surface area contributed by atoms with Crippen LogP contribution in [0.25, 0.3) is 0 Å². The van der Waals surface area contributed by atoms with E-state index in [-0.39, 0.29) is 18.4 Å². The van der Waals surface area contributed by atoms with E-state index in [1.807, 2.05) is 0 Å². The Balaban J connectivity index is 1.41. The molecule has 2 unspecified atom stereocenters. The highest BCUT2D eigenvalue weighted by atomic mass is 16.5. The number of nitriles is 1. The summed E-state index contributed by atoms with van der Waals surface area (Å²) in [7, 11) is 2.14. The summed E-state index contributed by atoms with van der Waals surface area (Å²) in [4.78, 5) is 31.0. The first-order valence-corrected chi connectivity index (χ1v) is 13.9. The number of likely N-dealkylation sites (tertiary alicyclic amines) is 1. The van der Waals surface area contributed by atoms with Crippen molar-refractivity contribution in [2.75, 3.05) is 44.7 Å². The Kier molecular flexibility index (Phi) is 8.15. The molecule has 9 heteroatoms. The zero-order valence-electron chi connectivity index (χ0n) is 23.4. The van der Waals surface area contributed by atoms with Crippen LogP contribution in [-0.2, 0) is 24.4 Å². The van der Waals surface area contributed by atoms with E-state index < -0.39 is 0 Å². The molecule has 2 atom stereocenters. The molecule has 3 aliphatic rings. The number of amides is 1. The summed E-state index contributed by atoms with van der Waals surface area (Å²) in [5.74, 6) is 0.735. The van der Waals surface area contributed by atoms with E-state index in [0.717, 1.165) is 49.7 Å². The Bertz CT molecular complexity index is 1270. The van der Waals surface area contributed by atoms with Gasteiger partial charge in [-0.15, -0.1) is 0 Å². The van der Waals surface area contributed by atoms with E-state index in [1.165, 1.54) is 29.2 Å². The summed E-state index contributed by atoms with van der Waals surface area (Å²) in [5.41, 5.74) is 6.06. The van der Waals surface area contributed by atoms with Crippen LogP contribution >= 0.6 is 0 Å². The van der Waals surface area contributed by atoms with Gasteiger partial charge in [-0.3, -0.25) is 9.69 Å². The molecule has 5 rings (SSSR count). The van der Waals surface area contributed by atoms with Gasteiger partial charge in [0.1, 0.15) is 12.4 Å². The van der Waals surface area contributed by atoms with E-state index in [9.17, 15) is 10.1 Å². The highest BCUT2D eigenvalue weighted by Crippen LogP contribution is 2.34. The number of fused-ring (bicyclic) bond motifs is 1. The fourth-order valence-corrected chi connectivity index (χ4v) is 6.04. The van der Waals surface area contributed by atoms with Crippen molar-refractivity contribution in [3.8, 4) is 12.1 Å². The van der Waals surface area contributed by atoms with E-state index in [0.29, 0.717) is 38.3 Å². The zero-order chi connectivity index (χ0) is 27.5. The second-order valence-corrected chi connectivity index (χ2v) is 11.0. The number of ether oxygens (including phenoxy) is 1. The van der Waals surface area contributed by atoms with Crippen LogP contribution in [0.3, 0.4) is 0 Å². The van der Waals surface area contributed by atoms with E-state index in [2.05, 4.69) is 66.4 Å². The number of hydrogen-bond donors (Lipinski definition) is 0. The predicted molar refractivity (Wildman–Crippen MR) is 150 cm³/mol. The summed E-state index contributed by atoms with van der Waals surface area (Å²) < 4.78 is 6.22. The van der Waals surface area contributed by atoms with Gasteiger partial charge in [-0.2, -0.15) is 15.2 Å². The lowest BCUT2D eigenvalue weighted by Crippen LogP contribution is -2.55. The molecule has 0 aliphatic carbocycles. The number of anilines is 1. The fraction of sp³-hybridized carbons (Fsp3) is 0.533. The summed E-state index contributed by atoms with van der Waals surface area (Å²) in [6.45, 7) is 13.7. The van der Waals surface area contributed by atoms with Crippen molar-refractivity contribution in [3.63, 3.8) is 0 Å². The number of nitrogens with zero attached hydrogens (tertiary/aromatic N) is 7. The van der Waals surface area contributed by atoms with Gasteiger partial charge in [0.05, 0.1) is 24.2 Å². The Morgan fingerprint density at radius 1 is 1.21 bits per heavy atom. The molecule has 39 heavy (non-hydrogen) atoms. The van der Waals surface area contributed by atoms with Crippen molar-refractivity contribution >= 4 is 11.7 Å². The van der Waals surface area contributed by atoms with Crippen molar-refractivity contribution in [1.82, 2.24) is 24.7 Å². The summed E-state index contributed by atoms with van der Waals surface area (Å²) in [6, 6.07) is 9.31. The molecule has 0 bridgehead atoms. The molecule has 1 amide bonds. The normalized spacial score (nSPS) is 21.6. The molecule has 4 heterocycles. The second-order valence-electron chi connectivity index (χ2n) is 11.0. The van der Waals surface area contributed by atoms with Gasteiger partial charge in [0, 0.05) is 50.9 Å². The van der Waals surface area contributed by atoms with E-state index >= 15 is 0 Å². The number of benzene rings is 1. The highest BCUT2D eigenvalue weighted by molar-refractivity contribution is 5.87. The summed E-state index contributed by atoms with van der Waals surface area (Å²) in [6.07, 6.45) is 3.90. The maximum atomic E-state index is 12.5. The van der Waals surface area contributed by atoms with Gasteiger partial charge in [0.25, 0.3) is 0 Å². The number of aromatic nitrogens is 2. The van der Waals surface area contributed by atoms with Gasteiger partial charge >= 0.3 is 6.01 Å². The minimum absolute atomic E-state index is 0.132. The van der Waals surface area contributed by atoms with Crippen molar-refractivity contribution in [1.29, 1.82) is 5.26 Å². The maximum Gasteiger partial charge on any atom is 0.318 e. The Hall–Kier alpha value is -3.48. The molecule has 1 aromatic heterocycles. The fourth-order valence-electron chi connectivity index (χ4n) is 6.04. The lowest BCUT2D eigenvalue weighted by atomic mass is 10.0. The molecule has 206 valence electrons. The number of piperazine rings is 1. The molecule has 0 saturated carbocycles. The summed E-state index contributed by atoms with van der Waals surface area (Å²) >= 11 is 0. The van der Waals surface area contributed by atoms with Crippen LogP contribution in [0.1, 0.15) is 47.2 Å². The lowest BCUT2D eigenvalue weighted by Gasteiger charge is -2.41. The number of carbonyl (C=O) groups is 1. The number of carbonyl (C=O) groups excluding carboxylic acids is 1. The minimum Gasteiger partial charge on any atom is -0.462 e. The maximum absolute atomic E-state index is 12.5. The van der Waals surface area contributed by atoms with Crippen LogP contribution in [0, 0.1) is 25.2 Å². The molecule has 9 nitrogen and oxygen atoms in total. The summed E-state index contributed by atoms with van der Waals surface area (Å²) in [5, 5.41) is 9.47. The average molecular weight is 530 g/mol. The van der Waals surface area contributed by atoms with Crippen molar-refractivity contribution in [2.45, 2.75) is 64.8 Å². The van der Waals surface area contributed by atoms with Gasteiger partial charge in [0.15, 0.2) is 0 Å². The topological polar surface area (TPSA) is 88.8 Å². The molecule has 0 radical (unpaired) electrons. The monoisotopic (exact) mass is 529 g/mol. The molecule has 1 aromatic carbocycles. The molecule has 2 aromatic rings. The third-order valence-corrected chi connectivity index (χ3v) is 8.56. The van der Waals surface area contributed by atoms with Crippen LogP contribution in [0.15, 0.2) is 30.9 Å². The zero-order valence-corrected chi connectivity index (χ0v) is 23.4. The van der Waals surface area contributed by atoms with Gasteiger partial charge in [-0.05, 0) is 63.0 Å². The van der Waals surface area contributed by atoms with E-state index in [4.69, 9.17) is 14.7 Å². The average Bonchev–Trinajstić information content (AvgIpc) is 3.54. The minimum atomic E-state index is -0.219. The van der Waals surface area contributed by atoms with Crippen LogP contribution in [0.4, 0.5) is 5.82 Å². The number of aryl methyl sites for hydroxylation is 1. The third kappa shape index (κ3) is 5.77. The van der Waals surface area contributed by atoms with Crippen molar-refractivity contribution in [2.24, 2.45) is 0 Å². The predicted octanol–water partition coefficient (Wildman–Crippen LogP) is 3.20. The van der Waals surface area contributed by atoms with Gasteiger partial charge in [-0.25, -0.2) is 0 Å². The Labute approximate surface area is 231 Å². The second kappa shape index (κ2) is 11.7. The van der Waals surface area contributed by atoms with Crippen molar-refractivity contribution < 1.29 is 9.53 Å². The van der Waals surface area contributed by atoms with Crippen LogP contribution in [0.2, 0.25) is 0 Å². The van der Waals surface area contributed by atoms with Crippen LogP contribution in [0.5, 0.6) is 6.01 Å². The van der Waals surface area contributed by atoms with Gasteiger partial charge in [0.2, 0.25) is 5.91 Å². The molecule has 2 saturated heterocycles. The van der Waals surface area contributed by atoms with Crippen molar-refractivity contribution in [3.05, 3.63) is 58.8 Å². The SMILES string of the molecule is C=CC(=O)N1CCN(c2nc(OCC3CCCN3C)nc3c2CN(Cc2cccc(C)c2C)C3)CC1CC#N. The van der Waals surface area contributed by atoms with Crippen LogP contribution in [-0.4, -0.2) is 82.5 Å². The molecule has 3 aliphatic heterocycles. The first-order chi connectivity index (χ1) is 18.9. The third-order valence-electron chi connectivity index (χ3n) is 8.56. The molecule has 2 fully saturated rings. The van der Waals surface area contributed by atoms with Gasteiger partial charge in [-0.1, -0.05) is 24.8 Å². The standard InChI is InChI=1S/C30H39N7O2/c1-5-28(38)37-15-14-36(17-24(37)11-12-31)29-26-18-35(16-23-9-6-8-21(2)22(23)3)19-27(26)32-30(33-29)39-20-25-10-7-13-34(25)4/h5-6,8-9,24-25H,1,7,10-11,13-20H2,2-4H3. The molecule has 0 spiro atoms. The quantitative estimate of drug-likeness (QED) is 0.482. The number of likely N-dealkylation sites (N-methyl/N-ethyl adjacent to an activating group) is 1. The largest absolute Gasteiger partial charge is 0.462 e. The molecular weight excluding hydrogens is 490 g/mol. The smallest absolute Gasteiger partial charge is 0.318 e. The highest BCUT2D eigenvalue weighted by Gasteiger charge is 2.34. The van der Waals surface area contributed by atoms with Gasteiger partial charge < -0.3 is 19.4 Å². The lowest BCUT2D eigenvalue weighted by molar-refractivity contribution is -0.128. The number of hydrogen-bond acceptors (Lipinski definition) is 8. The Morgan fingerprint density at radius 2 is 2.05 bits per heavy atom. The van der Waals surface area contributed by atoms with Crippen LogP contribution < -0.4 is 9.64 Å². The number of rotatable bonds is 8. The first kappa shape index (κ1) is 27.1. The molecule has 0 N–H and O–H groups in total.